The molecule has 0 saturated carbocycles. The Morgan fingerprint density at radius 2 is 2.13 bits per heavy atom. The molecule has 0 saturated heterocycles. The summed E-state index contributed by atoms with van der Waals surface area (Å²) in [6.45, 7) is -0.583. The smallest absolute Gasteiger partial charge is 0.269 e. The van der Waals surface area contributed by atoms with Gasteiger partial charge >= 0.3 is 0 Å². The van der Waals surface area contributed by atoms with E-state index in [2.05, 4.69) is 0 Å². The first-order chi connectivity index (χ1) is 7.06. The highest BCUT2D eigenvalue weighted by molar-refractivity contribution is 7.72. The van der Waals surface area contributed by atoms with E-state index in [1.165, 1.54) is 18.2 Å². The molecule has 0 bridgehead atoms. The second-order valence-electron chi connectivity index (χ2n) is 2.84. The van der Waals surface area contributed by atoms with Gasteiger partial charge in [0.15, 0.2) is 0 Å². The zero-order valence-electron chi connectivity index (χ0n) is 7.57. The van der Waals surface area contributed by atoms with Crippen molar-refractivity contribution in [3.63, 3.8) is 0 Å². The Balaban J connectivity index is 3.14. The first-order valence-corrected chi connectivity index (χ1v) is 5.29. The second-order valence-corrected chi connectivity index (χ2v) is 4.03. The number of thiol groups is 1. The average Bonchev–Trinajstić information content (AvgIpc) is 2.18. The van der Waals surface area contributed by atoms with Gasteiger partial charge in [-0.1, -0.05) is 12.1 Å². The van der Waals surface area contributed by atoms with Gasteiger partial charge in [0.25, 0.3) is 5.69 Å². The number of nitrogens with zero attached hydrogens (tertiary/aromatic N) is 1. The van der Waals surface area contributed by atoms with Crippen LogP contribution in [0.5, 0.6) is 0 Å². The van der Waals surface area contributed by atoms with E-state index in [0.717, 1.165) is 6.07 Å². The molecule has 1 rings (SSSR count). The fourth-order valence-electron chi connectivity index (χ4n) is 1.14. The summed E-state index contributed by atoms with van der Waals surface area (Å²) < 4.78 is 21.4. The van der Waals surface area contributed by atoms with Crippen LogP contribution >= 0.6 is 0 Å². The second kappa shape index (κ2) is 4.85. The molecular weight excluding hydrogens is 222 g/mol. The molecule has 0 aliphatic rings. The Kier molecular flexibility index (Phi) is 3.75. The Hall–Kier alpha value is -1.47. The molecular formula is C8H9NO5S. The highest BCUT2D eigenvalue weighted by Crippen LogP contribution is 2.21. The summed E-state index contributed by atoms with van der Waals surface area (Å²) in [6, 6.07) is 5.22. The summed E-state index contributed by atoms with van der Waals surface area (Å²) in [5.41, 5.74) is 0.0330. The molecule has 1 aromatic carbocycles. The Bertz CT molecular complexity index is 434. The molecule has 1 aromatic rings. The van der Waals surface area contributed by atoms with E-state index in [9.17, 15) is 18.5 Å². The number of hydrogen-bond acceptors (Lipinski definition) is 5. The first kappa shape index (κ1) is 11.6. The number of aliphatic hydroxyl groups excluding tert-OH is 1. The number of hydrogen-bond donors (Lipinski definition) is 2. The van der Waals surface area contributed by atoms with Crippen LogP contribution in [0, 0.1) is 10.1 Å². The zero-order valence-corrected chi connectivity index (χ0v) is 8.46. The Morgan fingerprint density at radius 3 is 2.60 bits per heavy atom. The molecule has 0 aliphatic carbocycles. The standard InChI is InChI=1S/C8H9NO5S/c10-5-8(15(13)14)6-2-1-3-7(4-6)9(11)12/h1-4,8,10,15H,5H2. The van der Waals surface area contributed by atoms with Crippen LogP contribution in [0.15, 0.2) is 24.3 Å². The summed E-state index contributed by atoms with van der Waals surface area (Å²) in [6.07, 6.45) is 0. The van der Waals surface area contributed by atoms with Crippen LogP contribution in [0.25, 0.3) is 0 Å². The minimum absolute atomic E-state index is 0.192. The van der Waals surface area contributed by atoms with Crippen LogP contribution in [0.2, 0.25) is 0 Å². The van der Waals surface area contributed by atoms with Gasteiger partial charge in [0.1, 0.15) is 16.0 Å². The maximum absolute atomic E-state index is 10.7. The minimum atomic E-state index is -2.84. The monoisotopic (exact) mass is 231 g/mol. The van der Waals surface area contributed by atoms with Gasteiger partial charge in [-0.25, -0.2) is 8.42 Å². The molecule has 0 radical (unpaired) electrons. The van der Waals surface area contributed by atoms with Crippen molar-refractivity contribution in [2.24, 2.45) is 0 Å². The van der Waals surface area contributed by atoms with Gasteiger partial charge < -0.3 is 5.11 Å². The SMILES string of the molecule is O=[N+]([O-])c1cccc(C(CO)[SH](=O)=O)c1. The summed E-state index contributed by atoms with van der Waals surface area (Å²) in [5.74, 6) is 0. The Morgan fingerprint density at radius 1 is 1.47 bits per heavy atom. The lowest BCUT2D eigenvalue weighted by molar-refractivity contribution is -0.384. The van der Waals surface area contributed by atoms with Crippen molar-refractivity contribution in [2.45, 2.75) is 5.25 Å². The average molecular weight is 231 g/mol. The van der Waals surface area contributed by atoms with Crippen LogP contribution < -0.4 is 0 Å². The number of nitro benzene ring substituents is 1. The third-order valence-corrected chi connectivity index (χ3v) is 2.86. The third-order valence-electron chi connectivity index (χ3n) is 1.89. The predicted molar refractivity (Wildman–Crippen MR) is 53.2 cm³/mol. The number of non-ortho nitro benzene ring substituents is 1. The molecule has 0 heterocycles. The highest BCUT2D eigenvalue weighted by Gasteiger charge is 2.16. The van der Waals surface area contributed by atoms with Gasteiger partial charge in [-0.05, 0) is 5.56 Å². The summed E-state index contributed by atoms with van der Waals surface area (Å²) in [5, 5.41) is 18.2. The van der Waals surface area contributed by atoms with Gasteiger partial charge in [-0.2, -0.15) is 0 Å². The normalized spacial score (nSPS) is 12.7. The van der Waals surface area contributed by atoms with Crippen molar-refractivity contribution >= 4 is 16.4 Å². The fourth-order valence-corrected chi connectivity index (χ4v) is 1.68. The van der Waals surface area contributed by atoms with E-state index in [1.54, 1.807) is 0 Å². The van der Waals surface area contributed by atoms with Crippen molar-refractivity contribution in [1.82, 2.24) is 0 Å². The topological polar surface area (TPSA) is 97.5 Å². The van der Waals surface area contributed by atoms with Crippen molar-refractivity contribution in [3.05, 3.63) is 39.9 Å². The highest BCUT2D eigenvalue weighted by atomic mass is 32.2. The van der Waals surface area contributed by atoms with Crippen LogP contribution in [0.4, 0.5) is 5.69 Å². The van der Waals surface area contributed by atoms with E-state index in [0.29, 0.717) is 0 Å². The maximum atomic E-state index is 10.7. The predicted octanol–water partition coefficient (Wildman–Crippen LogP) is 0.240. The number of nitro groups is 1. The molecule has 1 unspecified atom stereocenters. The van der Waals surface area contributed by atoms with E-state index < -0.39 is 27.5 Å². The van der Waals surface area contributed by atoms with E-state index in [4.69, 9.17) is 5.11 Å². The van der Waals surface area contributed by atoms with Crippen LogP contribution in [-0.4, -0.2) is 25.1 Å². The molecule has 0 amide bonds. The molecule has 82 valence electrons. The Labute approximate surface area is 87.3 Å². The lowest BCUT2D eigenvalue weighted by Crippen LogP contribution is -2.06. The molecule has 0 fully saturated rings. The van der Waals surface area contributed by atoms with Gasteiger partial charge in [0.05, 0.1) is 11.5 Å². The van der Waals surface area contributed by atoms with E-state index in [1.807, 2.05) is 0 Å². The van der Waals surface area contributed by atoms with Crippen molar-refractivity contribution in [1.29, 1.82) is 0 Å². The molecule has 1 atom stereocenters. The molecule has 0 aromatic heterocycles. The third kappa shape index (κ3) is 2.74. The molecule has 1 N–H and O–H groups in total. The molecule has 0 aliphatic heterocycles. The van der Waals surface area contributed by atoms with Crippen LogP contribution in [0.1, 0.15) is 10.8 Å². The van der Waals surface area contributed by atoms with Crippen LogP contribution in [-0.2, 0) is 10.7 Å². The minimum Gasteiger partial charge on any atom is -0.395 e. The van der Waals surface area contributed by atoms with Crippen molar-refractivity contribution in [3.8, 4) is 0 Å². The van der Waals surface area contributed by atoms with Gasteiger partial charge in [0.2, 0.25) is 0 Å². The van der Waals surface area contributed by atoms with E-state index >= 15 is 0 Å². The first-order valence-electron chi connectivity index (χ1n) is 4.05. The lowest BCUT2D eigenvalue weighted by atomic mass is 10.1. The molecule has 0 spiro atoms. The molecule has 7 heteroatoms. The van der Waals surface area contributed by atoms with Gasteiger partial charge in [-0.3, -0.25) is 10.1 Å². The molecule has 15 heavy (non-hydrogen) atoms. The molecule has 6 nitrogen and oxygen atoms in total. The van der Waals surface area contributed by atoms with Crippen molar-refractivity contribution < 1.29 is 18.4 Å². The number of benzene rings is 1. The van der Waals surface area contributed by atoms with Crippen LogP contribution in [0.3, 0.4) is 0 Å². The number of aliphatic hydroxyl groups is 1. The fraction of sp³-hybridized carbons (Fsp3) is 0.250. The zero-order chi connectivity index (χ0) is 11.4. The lowest BCUT2D eigenvalue weighted by Gasteiger charge is -2.06. The number of rotatable bonds is 4. The summed E-state index contributed by atoms with van der Waals surface area (Å²) >= 11 is 0. The summed E-state index contributed by atoms with van der Waals surface area (Å²) in [7, 11) is -2.84. The summed E-state index contributed by atoms with van der Waals surface area (Å²) in [4.78, 5) is 9.81. The van der Waals surface area contributed by atoms with Crippen molar-refractivity contribution in [2.75, 3.05) is 6.61 Å². The largest absolute Gasteiger partial charge is 0.395 e. The maximum Gasteiger partial charge on any atom is 0.269 e. The quantitative estimate of drug-likeness (QED) is 0.439. The van der Waals surface area contributed by atoms with Gasteiger partial charge in [-0.15, -0.1) is 0 Å². The van der Waals surface area contributed by atoms with Gasteiger partial charge in [0, 0.05) is 12.1 Å². The van der Waals surface area contributed by atoms with E-state index in [-0.39, 0.29) is 11.3 Å².